The van der Waals surface area contributed by atoms with Gasteiger partial charge >= 0.3 is 0 Å². The van der Waals surface area contributed by atoms with Gasteiger partial charge in [-0.05, 0) is 18.3 Å². The molecule has 0 aromatic carbocycles. The third kappa shape index (κ3) is 3.63. The fourth-order valence-electron chi connectivity index (χ4n) is 3.52. The molecule has 4 unspecified atom stereocenters. The molecule has 19 heavy (non-hydrogen) atoms. The minimum atomic E-state index is -3.52. The van der Waals surface area contributed by atoms with Crippen LogP contribution >= 0.6 is 10.7 Å². The Morgan fingerprint density at radius 2 is 2.00 bits per heavy atom. The number of likely N-dealkylation sites (tertiary alicyclic amines) is 1. The fourth-order valence-corrected chi connectivity index (χ4v) is 4.84. The van der Waals surface area contributed by atoms with Crippen molar-refractivity contribution in [3.8, 4) is 0 Å². The lowest BCUT2D eigenvalue weighted by molar-refractivity contribution is -0.131. The summed E-state index contributed by atoms with van der Waals surface area (Å²) in [6, 6.07) is 0.277. The summed E-state index contributed by atoms with van der Waals surface area (Å²) >= 11 is 0. The summed E-state index contributed by atoms with van der Waals surface area (Å²) in [5.74, 6) is 0.982. The highest BCUT2D eigenvalue weighted by molar-refractivity contribution is 8.13. The van der Waals surface area contributed by atoms with Crippen LogP contribution in [0.1, 0.15) is 39.5 Å². The lowest BCUT2D eigenvalue weighted by Gasteiger charge is -2.40. The molecule has 0 aromatic heterocycles. The Labute approximate surface area is 119 Å². The maximum Gasteiger partial charge on any atom is 0.232 e. The predicted molar refractivity (Wildman–Crippen MR) is 75.4 cm³/mol. The first kappa shape index (κ1) is 15.1. The van der Waals surface area contributed by atoms with E-state index in [4.69, 9.17) is 10.7 Å². The molecule has 0 spiro atoms. The summed E-state index contributed by atoms with van der Waals surface area (Å²) in [6.45, 7) is 4.98. The van der Waals surface area contributed by atoms with E-state index in [-0.39, 0.29) is 23.6 Å². The Balaban J connectivity index is 2.03. The highest BCUT2D eigenvalue weighted by atomic mass is 35.7. The van der Waals surface area contributed by atoms with E-state index in [2.05, 4.69) is 13.8 Å². The highest BCUT2D eigenvalue weighted by Crippen LogP contribution is 2.36. The lowest BCUT2D eigenvalue weighted by Crippen LogP contribution is -2.45. The van der Waals surface area contributed by atoms with Gasteiger partial charge in [0.15, 0.2) is 0 Å². The molecule has 1 amide bonds. The Bertz CT molecular complexity index is 451. The van der Waals surface area contributed by atoms with Crippen molar-refractivity contribution in [1.82, 2.24) is 4.90 Å². The summed E-state index contributed by atoms with van der Waals surface area (Å²) in [7, 11) is 1.77. The molecule has 4 atom stereocenters. The first-order valence-electron chi connectivity index (χ1n) is 6.99. The van der Waals surface area contributed by atoms with Gasteiger partial charge in [-0.3, -0.25) is 4.79 Å². The van der Waals surface area contributed by atoms with Crippen LogP contribution in [0.25, 0.3) is 0 Å². The molecule has 0 radical (unpaired) electrons. The Kier molecular flexibility index (Phi) is 4.45. The van der Waals surface area contributed by atoms with Crippen molar-refractivity contribution < 1.29 is 13.2 Å². The van der Waals surface area contributed by atoms with Crippen LogP contribution in [0, 0.1) is 17.8 Å². The molecule has 2 aliphatic rings. The van der Waals surface area contributed by atoms with Crippen LogP contribution in [0.2, 0.25) is 0 Å². The summed E-state index contributed by atoms with van der Waals surface area (Å²) in [4.78, 5) is 14.0. The topological polar surface area (TPSA) is 54.5 Å². The number of halogens is 1. The second-order valence-electron chi connectivity index (χ2n) is 6.16. The van der Waals surface area contributed by atoms with Crippen LogP contribution in [0.4, 0.5) is 0 Å². The fraction of sp³-hybridized carbons (Fsp3) is 0.923. The molecule has 1 saturated carbocycles. The number of amides is 1. The molecule has 0 N–H and O–H groups in total. The van der Waals surface area contributed by atoms with E-state index in [0.29, 0.717) is 24.8 Å². The van der Waals surface area contributed by atoms with Crippen LogP contribution in [-0.4, -0.2) is 37.6 Å². The zero-order chi connectivity index (χ0) is 14.2. The van der Waals surface area contributed by atoms with Crippen molar-refractivity contribution in [2.45, 2.75) is 45.6 Å². The van der Waals surface area contributed by atoms with E-state index >= 15 is 0 Å². The zero-order valence-corrected chi connectivity index (χ0v) is 13.1. The number of hydrogen-bond acceptors (Lipinski definition) is 3. The van der Waals surface area contributed by atoms with Gasteiger partial charge in [0.05, 0.1) is 5.75 Å². The number of carbonyl (C=O) groups excluding carboxylic acids is 1. The Morgan fingerprint density at radius 3 is 2.63 bits per heavy atom. The van der Waals surface area contributed by atoms with Crippen molar-refractivity contribution in [1.29, 1.82) is 0 Å². The van der Waals surface area contributed by atoms with Crippen molar-refractivity contribution in [2.24, 2.45) is 17.8 Å². The maximum atomic E-state index is 12.1. The minimum absolute atomic E-state index is 0.0898. The molecule has 0 bridgehead atoms. The molecule has 6 heteroatoms. The molecular formula is C13H22ClNO3S. The normalized spacial score (nSPS) is 36.8. The van der Waals surface area contributed by atoms with E-state index in [1.54, 1.807) is 0 Å². The molecular weight excluding hydrogens is 286 g/mol. The number of rotatable bonds is 3. The van der Waals surface area contributed by atoms with Crippen molar-refractivity contribution in [3.63, 3.8) is 0 Å². The SMILES string of the molecule is CC1CCCC(N2CC(CS(=O)(=O)Cl)CC2=O)C1C. The van der Waals surface area contributed by atoms with Crippen LogP contribution in [0.5, 0.6) is 0 Å². The largest absolute Gasteiger partial charge is 0.339 e. The van der Waals surface area contributed by atoms with E-state index in [9.17, 15) is 13.2 Å². The summed E-state index contributed by atoms with van der Waals surface area (Å²) in [5.41, 5.74) is 0. The predicted octanol–water partition coefficient (Wildman–Crippen LogP) is 2.23. The second-order valence-corrected chi connectivity index (χ2v) is 8.98. The van der Waals surface area contributed by atoms with Gasteiger partial charge in [0.25, 0.3) is 0 Å². The van der Waals surface area contributed by atoms with Gasteiger partial charge in [-0.15, -0.1) is 0 Å². The van der Waals surface area contributed by atoms with Gasteiger partial charge in [-0.25, -0.2) is 8.42 Å². The third-order valence-corrected chi connectivity index (χ3v) is 5.99. The van der Waals surface area contributed by atoms with E-state index in [1.165, 1.54) is 6.42 Å². The summed E-state index contributed by atoms with van der Waals surface area (Å²) < 4.78 is 22.3. The first-order chi connectivity index (χ1) is 8.78. The lowest BCUT2D eigenvalue weighted by atomic mass is 9.77. The molecule has 4 nitrogen and oxygen atoms in total. The molecule has 0 aromatic rings. The molecule has 1 saturated heterocycles. The van der Waals surface area contributed by atoms with Crippen LogP contribution < -0.4 is 0 Å². The van der Waals surface area contributed by atoms with Crippen LogP contribution in [0.3, 0.4) is 0 Å². The zero-order valence-electron chi connectivity index (χ0n) is 11.5. The van der Waals surface area contributed by atoms with Gasteiger partial charge in [0.1, 0.15) is 0 Å². The van der Waals surface area contributed by atoms with Crippen molar-refractivity contribution in [2.75, 3.05) is 12.3 Å². The second kappa shape index (κ2) is 5.60. The molecule has 110 valence electrons. The Hall–Kier alpha value is -0.290. The van der Waals surface area contributed by atoms with Crippen molar-refractivity contribution >= 4 is 25.6 Å². The minimum Gasteiger partial charge on any atom is -0.339 e. The maximum absolute atomic E-state index is 12.1. The Morgan fingerprint density at radius 1 is 1.32 bits per heavy atom. The van der Waals surface area contributed by atoms with Gasteiger partial charge in [-0.2, -0.15) is 0 Å². The highest BCUT2D eigenvalue weighted by Gasteiger charge is 2.40. The van der Waals surface area contributed by atoms with Gasteiger partial charge < -0.3 is 4.90 Å². The third-order valence-electron chi connectivity index (χ3n) is 4.74. The molecule has 2 fully saturated rings. The molecule has 1 aliphatic carbocycles. The van der Waals surface area contributed by atoms with Gasteiger partial charge in [-0.1, -0.05) is 26.7 Å². The van der Waals surface area contributed by atoms with E-state index in [0.717, 1.165) is 12.8 Å². The smallest absolute Gasteiger partial charge is 0.232 e. The van der Waals surface area contributed by atoms with Crippen LogP contribution in [-0.2, 0) is 13.8 Å². The number of hydrogen-bond donors (Lipinski definition) is 0. The first-order valence-corrected chi connectivity index (χ1v) is 9.47. The molecule has 2 rings (SSSR count). The number of carbonyl (C=O) groups is 1. The standard InChI is InChI=1S/C13H22ClNO3S/c1-9-4-3-5-12(10(9)2)15-7-11(6-13(15)16)8-19(14,17)18/h9-12H,3-8H2,1-2H3. The van der Waals surface area contributed by atoms with Crippen molar-refractivity contribution in [3.05, 3.63) is 0 Å². The number of nitrogens with zero attached hydrogens (tertiary/aromatic N) is 1. The van der Waals surface area contributed by atoms with E-state index in [1.807, 2.05) is 4.90 Å². The monoisotopic (exact) mass is 307 g/mol. The summed E-state index contributed by atoms with van der Waals surface area (Å²) in [5, 5.41) is 0. The summed E-state index contributed by atoms with van der Waals surface area (Å²) in [6.07, 6.45) is 3.73. The average Bonchev–Trinajstić information content (AvgIpc) is 2.61. The molecule has 1 aliphatic heterocycles. The average molecular weight is 308 g/mol. The van der Waals surface area contributed by atoms with Crippen LogP contribution in [0.15, 0.2) is 0 Å². The van der Waals surface area contributed by atoms with Gasteiger partial charge in [0.2, 0.25) is 15.0 Å². The molecule has 1 heterocycles. The van der Waals surface area contributed by atoms with Gasteiger partial charge in [0, 0.05) is 35.6 Å². The van der Waals surface area contributed by atoms with E-state index < -0.39 is 9.05 Å². The quantitative estimate of drug-likeness (QED) is 0.751.